The zero-order chi connectivity index (χ0) is 25.9. The molecule has 6 rings (SSSR count). The Kier molecular flexibility index (Phi) is 6.94. The van der Waals surface area contributed by atoms with Crippen molar-refractivity contribution in [2.45, 2.75) is 26.7 Å². The van der Waals surface area contributed by atoms with Crippen molar-refractivity contribution < 1.29 is 0 Å². The van der Waals surface area contributed by atoms with Gasteiger partial charge in [-0.2, -0.15) is 4.37 Å². The summed E-state index contributed by atoms with van der Waals surface area (Å²) in [5.41, 5.74) is 13.8. The summed E-state index contributed by atoms with van der Waals surface area (Å²) in [6.07, 6.45) is 2.58. The Hall–Kier alpha value is -3.95. The zero-order valence-electron chi connectivity index (χ0n) is 21.4. The number of rotatable bonds is 8. The summed E-state index contributed by atoms with van der Waals surface area (Å²) < 4.78 is 4.44. The van der Waals surface area contributed by atoms with Gasteiger partial charge in [-0.1, -0.05) is 23.5 Å². The number of hydrogen-bond donors (Lipinski definition) is 3. The molecule has 3 heterocycles. The van der Waals surface area contributed by atoms with E-state index in [2.05, 4.69) is 85.9 Å². The molecule has 0 spiro atoms. The zero-order valence-corrected chi connectivity index (χ0v) is 23.0. The maximum absolute atomic E-state index is 4.50. The standard InChI is InChI=1S/C29H29N7S2/c1-19-18-22(31-33-27-13-14-28(37-27)36-15-5-6-16-36)10-11-24(19)30-21-9-12-25(20(2)17-21)32-34-29-23-7-3-4-8-26(23)35-38-29/h3-4,7-14,17-18,30-31,33H,5-6,15-16H2,1-2H3. The lowest BCUT2D eigenvalue weighted by Crippen LogP contribution is -2.15. The first-order chi connectivity index (χ1) is 18.6. The van der Waals surface area contributed by atoms with Crippen LogP contribution < -0.4 is 21.1 Å². The van der Waals surface area contributed by atoms with Crippen molar-refractivity contribution in [3.8, 4) is 0 Å². The number of hydrogen-bond acceptors (Lipinski definition) is 9. The van der Waals surface area contributed by atoms with Crippen molar-refractivity contribution in [2.75, 3.05) is 34.2 Å². The fourth-order valence-electron chi connectivity index (χ4n) is 4.57. The molecule has 0 saturated carbocycles. The van der Waals surface area contributed by atoms with Crippen molar-refractivity contribution in [1.29, 1.82) is 0 Å². The molecule has 1 fully saturated rings. The molecule has 1 aliphatic rings. The van der Waals surface area contributed by atoms with Gasteiger partial charge in [0.15, 0.2) is 5.00 Å². The fraction of sp³-hybridized carbons (Fsp3) is 0.207. The predicted molar refractivity (Wildman–Crippen MR) is 162 cm³/mol. The lowest BCUT2D eigenvalue weighted by molar-refractivity contribution is 0.949. The Balaban J connectivity index is 1.08. The normalized spacial score (nSPS) is 13.5. The molecule has 38 heavy (non-hydrogen) atoms. The van der Waals surface area contributed by atoms with Crippen molar-refractivity contribution in [3.05, 3.63) is 83.9 Å². The van der Waals surface area contributed by atoms with Crippen molar-refractivity contribution >= 4 is 71.5 Å². The number of benzene rings is 3. The third kappa shape index (κ3) is 5.34. The molecule has 1 aliphatic heterocycles. The van der Waals surface area contributed by atoms with E-state index in [1.54, 1.807) is 11.3 Å². The Morgan fingerprint density at radius 1 is 0.816 bits per heavy atom. The van der Waals surface area contributed by atoms with Crippen LogP contribution in [0.25, 0.3) is 10.9 Å². The molecule has 5 aromatic rings. The molecule has 3 aromatic carbocycles. The quantitative estimate of drug-likeness (QED) is 0.135. The van der Waals surface area contributed by atoms with E-state index in [1.807, 2.05) is 36.4 Å². The molecule has 2 aromatic heterocycles. The summed E-state index contributed by atoms with van der Waals surface area (Å²) in [6.45, 7) is 6.49. The van der Waals surface area contributed by atoms with Crippen LogP contribution in [0.3, 0.4) is 0 Å². The number of aryl methyl sites for hydroxylation is 2. The van der Waals surface area contributed by atoms with E-state index >= 15 is 0 Å². The van der Waals surface area contributed by atoms with Crippen molar-refractivity contribution in [2.24, 2.45) is 10.2 Å². The summed E-state index contributed by atoms with van der Waals surface area (Å²) in [6, 6.07) is 24.8. The number of aromatic nitrogens is 1. The first kappa shape index (κ1) is 24.4. The van der Waals surface area contributed by atoms with E-state index in [9.17, 15) is 0 Å². The highest BCUT2D eigenvalue weighted by molar-refractivity contribution is 7.20. The molecule has 0 amide bonds. The number of nitrogens with zero attached hydrogens (tertiary/aromatic N) is 4. The minimum absolute atomic E-state index is 0.826. The van der Waals surface area contributed by atoms with Crippen LogP contribution in [-0.2, 0) is 0 Å². The molecule has 0 aliphatic carbocycles. The van der Waals surface area contributed by atoms with Crippen LogP contribution in [0.15, 0.2) is 83.0 Å². The molecule has 0 radical (unpaired) electrons. The number of hydrazine groups is 1. The second-order valence-electron chi connectivity index (χ2n) is 9.44. The molecule has 0 atom stereocenters. The average Bonchev–Trinajstić information content (AvgIpc) is 3.69. The van der Waals surface area contributed by atoms with Gasteiger partial charge in [0.1, 0.15) is 5.00 Å². The molecule has 7 nitrogen and oxygen atoms in total. The van der Waals surface area contributed by atoms with Crippen LogP contribution in [0.5, 0.6) is 0 Å². The second kappa shape index (κ2) is 10.8. The number of fused-ring (bicyclic) bond motifs is 1. The van der Waals surface area contributed by atoms with Crippen LogP contribution in [0.4, 0.5) is 37.8 Å². The van der Waals surface area contributed by atoms with Crippen molar-refractivity contribution in [1.82, 2.24) is 4.37 Å². The van der Waals surface area contributed by atoms with Crippen LogP contribution in [-0.4, -0.2) is 17.5 Å². The first-order valence-electron chi connectivity index (χ1n) is 12.7. The van der Waals surface area contributed by atoms with Gasteiger partial charge < -0.3 is 15.6 Å². The third-order valence-corrected chi connectivity index (χ3v) is 8.48. The molecule has 192 valence electrons. The summed E-state index contributed by atoms with van der Waals surface area (Å²) in [5, 5.41) is 16.8. The lowest BCUT2D eigenvalue weighted by Gasteiger charge is -2.15. The second-order valence-corrected chi connectivity index (χ2v) is 11.3. The Labute approximate surface area is 230 Å². The van der Waals surface area contributed by atoms with Gasteiger partial charge in [0.2, 0.25) is 0 Å². The smallest absolute Gasteiger partial charge is 0.166 e. The van der Waals surface area contributed by atoms with Gasteiger partial charge in [0.05, 0.1) is 21.9 Å². The van der Waals surface area contributed by atoms with Crippen LogP contribution >= 0.6 is 22.9 Å². The topological polar surface area (TPSA) is 76.9 Å². The van der Waals surface area contributed by atoms with Gasteiger partial charge in [-0.15, -0.1) is 10.2 Å². The summed E-state index contributed by atoms with van der Waals surface area (Å²) >= 11 is 3.16. The highest BCUT2D eigenvalue weighted by atomic mass is 32.1. The van der Waals surface area contributed by atoms with E-state index in [1.165, 1.54) is 29.4 Å². The number of nitrogens with one attached hydrogen (secondary N) is 3. The minimum Gasteiger partial charge on any atom is -0.363 e. The number of thiophene rings is 1. The van der Waals surface area contributed by atoms with E-state index in [-0.39, 0.29) is 0 Å². The molecule has 9 heteroatoms. The molecule has 0 bridgehead atoms. The summed E-state index contributed by atoms with van der Waals surface area (Å²) in [7, 11) is 0. The van der Waals surface area contributed by atoms with Crippen LogP contribution in [0, 0.1) is 13.8 Å². The van der Waals surface area contributed by atoms with Crippen LogP contribution in [0.1, 0.15) is 24.0 Å². The van der Waals surface area contributed by atoms with Gasteiger partial charge in [-0.25, -0.2) is 0 Å². The summed E-state index contributed by atoms with van der Waals surface area (Å²) in [4.78, 5) is 2.46. The summed E-state index contributed by atoms with van der Waals surface area (Å²) in [5.74, 6) is 0. The fourth-order valence-corrected chi connectivity index (χ4v) is 6.17. The first-order valence-corrected chi connectivity index (χ1v) is 14.3. The largest absolute Gasteiger partial charge is 0.363 e. The van der Waals surface area contributed by atoms with E-state index in [4.69, 9.17) is 0 Å². The highest BCUT2D eigenvalue weighted by Crippen LogP contribution is 2.34. The van der Waals surface area contributed by atoms with Crippen LogP contribution in [0.2, 0.25) is 0 Å². The molecule has 1 saturated heterocycles. The molecular formula is C29H29N7S2. The SMILES string of the molecule is Cc1cc(Nc2ccc(NNc3ccc(N4CCCC4)s3)cc2C)ccc1N=Nc1snc2ccccc12. The van der Waals surface area contributed by atoms with Gasteiger partial charge in [-0.05, 0) is 110 Å². The van der Waals surface area contributed by atoms with Gasteiger partial charge in [0, 0.05) is 29.9 Å². The van der Waals surface area contributed by atoms with Gasteiger partial charge >= 0.3 is 0 Å². The number of azo groups is 1. The Bertz CT molecular complexity index is 1600. The van der Waals surface area contributed by atoms with E-state index in [0.29, 0.717) is 0 Å². The molecule has 3 N–H and O–H groups in total. The Morgan fingerprint density at radius 2 is 1.63 bits per heavy atom. The number of anilines is 5. The predicted octanol–water partition coefficient (Wildman–Crippen LogP) is 9.17. The Morgan fingerprint density at radius 3 is 2.47 bits per heavy atom. The molecule has 0 unspecified atom stereocenters. The van der Waals surface area contributed by atoms with Gasteiger partial charge in [-0.3, -0.25) is 5.43 Å². The van der Waals surface area contributed by atoms with E-state index < -0.39 is 0 Å². The third-order valence-electron chi connectivity index (χ3n) is 6.66. The maximum atomic E-state index is 4.50. The monoisotopic (exact) mass is 539 g/mol. The maximum Gasteiger partial charge on any atom is 0.166 e. The minimum atomic E-state index is 0.826. The average molecular weight is 540 g/mol. The highest BCUT2D eigenvalue weighted by Gasteiger charge is 2.14. The van der Waals surface area contributed by atoms with E-state index in [0.717, 1.165) is 67.9 Å². The lowest BCUT2D eigenvalue weighted by atomic mass is 10.1. The van der Waals surface area contributed by atoms with Crippen molar-refractivity contribution in [3.63, 3.8) is 0 Å². The molecular weight excluding hydrogens is 511 g/mol. The van der Waals surface area contributed by atoms with Gasteiger partial charge in [0.25, 0.3) is 0 Å².